The summed E-state index contributed by atoms with van der Waals surface area (Å²) in [6.07, 6.45) is 0. The van der Waals surface area contributed by atoms with Crippen LogP contribution in [0, 0.1) is 21.2 Å². The predicted molar refractivity (Wildman–Crippen MR) is 106 cm³/mol. The topological polar surface area (TPSA) is 57.8 Å². The van der Waals surface area contributed by atoms with Crippen LogP contribution in [0.3, 0.4) is 0 Å². The van der Waals surface area contributed by atoms with Crippen molar-refractivity contribution < 1.29 is 4.79 Å². The Hall–Kier alpha value is -2.46. The van der Waals surface area contributed by atoms with Crippen LogP contribution >= 0.6 is 35.2 Å². The summed E-state index contributed by atoms with van der Waals surface area (Å²) >= 11 is 13.0. The third-order valence-electron chi connectivity index (χ3n) is 4.36. The summed E-state index contributed by atoms with van der Waals surface area (Å²) in [6, 6.07) is 19.0. The number of anilines is 1. The molecule has 0 aliphatic carbocycles. The lowest BCUT2D eigenvalue weighted by atomic mass is 9.83. The summed E-state index contributed by atoms with van der Waals surface area (Å²) < 4.78 is 2.48. The van der Waals surface area contributed by atoms with Gasteiger partial charge in [0.1, 0.15) is 11.7 Å². The van der Waals surface area contributed by atoms with E-state index in [9.17, 15) is 10.1 Å². The molecule has 0 fully saturated rings. The number of halogens is 1. The van der Waals surface area contributed by atoms with Crippen LogP contribution in [0.15, 0.2) is 54.6 Å². The molecule has 1 aliphatic rings. The highest BCUT2D eigenvalue weighted by molar-refractivity contribution is 7.73. The number of hydrogen-bond acceptors (Lipinski definition) is 4. The minimum absolute atomic E-state index is 0.322. The number of para-hydroxylation sites is 1. The van der Waals surface area contributed by atoms with Crippen LogP contribution in [0.1, 0.15) is 16.4 Å². The van der Waals surface area contributed by atoms with Crippen molar-refractivity contribution in [3.05, 3.63) is 74.0 Å². The van der Waals surface area contributed by atoms with Crippen LogP contribution in [0.5, 0.6) is 0 Å². The van der Waals surface area contributed by atoms with E-state index in [1.165, 1.54) is 11.3 Å². The molecule has 7 heteroatoms. The van der Waals surface area contributed by atoms with E-state index in [4.69, 9.17) is 23.8 Å². The third-order valence-corrected chi connectivity index (χ3v) is 6.07. The second-order valence-electron chi connectivity index (χ2n) is 5.88. The van der Waals surface area contributed by atoms with Gasteiger partial charge in [0, 0.05) is 16.6 Å². The van der Waals surface area contributed by atoms with Crippen LogP contribution < -0.4 is 5.32 Å². The molecule has 128 valence electrons. The maximum atomic E-state index is 12.6. The molecule has 0 spiro atoms. The van der Waals surface area contributed by atoms with Crippen molar-refractivity contribution in [1.29, 1.82) is 5.26 Å². The Balaban J connectivity index is 1.95. The second-order valence-corrected chi connectivity index (χ2v) is 7.99. The molecule has 2 unspecified atom stereocenters. The van der Waals surface area contributed by atoms with Gasteiger partial charge in [-0.2, -0.15) is 5.26 Å². The molecule has 3 aromatic rings. The Morgan fingerprint density at radius 3 is 2.50 bits per heavy atom. The number of hydrogen-bond donors (Lipinski definition) is 1. The summed E-state index contributed by atoms with van der Waals surface area (Å²) in [7, 11) is 0. The number of rotatable bonds is 2. The van der Waals surface area contributed by atoms with Gasteiger partial charge in [0.2, 0.25) is 5.91 Å². The van der Waals surface area contributed by atoms with E-state index < -0.39 is 5.92 Å². The maximum absolute atomic E-state index is 12.6. The molecule has 26 heavy (non-hydrogen) atoms. The first-order valence-electron chi connectivity index (χ1n) is 7.87. The lowest BCUT2D eigenvalue weighted by Gasteiger charge is -2.27. The van der Waals surface area contributed by atoms with Gasteiger partial charge in [-0.3, -0.25) is 9.36 Å². The van der Waals surface area contributed by atoms with E-state index in [0.29, 0.717) is 14.8 Å². The Bertz CT molecular complexity index is 1080. The van der Waals surface area contributed by atoms with Gasteiger partial charge in [0.25, 0.3) is 0 Å². The third kappa shape index (κ3) is 2.74. The van der Waals surface area contributed by atoms with E-state index >= 15 is 0 Å². The number of nitrogens with zero attached hydrogens (tertiary/aromatic N) is 2. The number of nitrogens with one attached hydrogen (secondary N) is 1. The minimum Gasteiger partial charge on any atom is -0.310 e. The number of aromatic nitrogens is 1. The molecule has 1 amide bonds. The monoisotopic (exact) mass is 397 g/mol. The zero-order valence-corrected chi connectivity index (χ0v) is 15.7. The van der Waals surface area contributed by atoms with Crippen molar-refractivity contribution >= 4 is 46.9 Å². The van der Waals surface area contributed by atoms with Gasteiger partial charge in [0.05, 0.1) is 10.9 Å². The zero-order chi connectivity index (χ0) is 18.3. The highest BCUT2D eigenvalue weighted by Gasteiger charge is 2.40. The lowest BCUT2D eigenvalue weighted by molar-refractivity contribution is -0.119. The summed E-state index contributed by atoms with van der Waals surface area (Å²) in [4.78, 5) is 13.5. The lowest BCUT2D eigenvalue weighted by Crippen LogP contribution is -2.33. The summed E-state index contributed by atoms with van der Waals surface area (Å²) in [5.41, 5.74) is 1.74. The van der Waals surface area contributed by atoms with E-state index in [2.05, 4.69) is 11.4 Å². The van der Waals surface area contributed by atoms with Crippen molar-refractivity contribution in [3.63, 3.8) is 0 Å². The summed E-state index contributed by atoms with van der Waals surface area (Å²) in [5, 5.41) is 13.1. The average molecular weight is 398 g/mol. The molecular formula is C19H12ClN3OS2. The van der Waals surface area contributed by atoms with Crippen molar-refractivity contribution in [1.82, 2.24) is 4.57 Å². The Labute approximate surface area is 164 Å². The summed E-state index contributed by atoms with van der Waals surface area (Å²) in [6.45, 7) is 0. The van der Waals surface area contributed by atoms with Gasteiger partial charge in [0.15, 0.2) is 3.95 Å². The standard InChI is InChI=1S/C19H12ClN3OS2/c20-12-8-6-11(7-9-12)15-14(10-21)18(24)22-17-16(15)26-19(25)23(17)13-4-2-1-3-5-13/h1-9,14-15H,(H,22,24). The first kappa shape index (κ1) is 17.0. The van der Waals surface area contributed by atoms with E-state index in [-0.39, 0.29) is 11.8 Å². The molecule has 0 saturated heterocycles. The SMILES string of the molecule is N#CC1C(=O)Nc2c(sc(=S)n2-c2ccccc2)C1c1ccc(Cl)cc1. The fraction of sp³-hybridized carbons (Fsp3) is 0.105. The highest BCUT2D eigenvalue weighted by atomic mass is 35.5. The maximum Gasteiger partial charge on any atom is 0.243 e. The van der Waals surface area contributed by atoms with Crippen molar-refractivity contribution in [2.24, 2.45) is 5.92 Å². The van der Waals surface area contributed by atoms with Crippen LogP contribution in [0.2, 0.25) is 5.02 Å². The largest absolute Gasteiger partial charge is 0.310 e. The second kappa shape index (κ2) is 6.69. The number of benzene rings is 2. The minimum atomic E-state index is -0.819. The van der Waals surface area contributed by atoms with Gasteiger partial charge in [-0.05, 0) is 42.0 Å². The molecule has 2 atom stereocenters. The molecular weight excluding hydrogens is 386 g/mol. The number of thiazole rings is 1. The van der Waals surface area contributed by atoms with E-state index in [1.54, 1.807) is 12.1 Å². The van der Waals surface area contributed by atoms with Gasteiger partial charge in [-0.15, -0.1) is 11.3 Å². The van der Waals surface area contributed by atoms with Crippen molar-refractivity contribution in [2.45, 2.75) is 5.92 Å². The van der Waals surface area contributed by atoms with Gasteiger partial charge in [-0.25, -0.2) is 0 Å². The number of fused-ring (bicyclic) bond motifs is 1. The molecule has 1 aliphatic heterocycles. The molecule has 0 radical (unpaired) electrons. The molecule has 2 heterocycles. The number of amides is 1. The van der Waals surface area contributed by atoms with Crippen LogP contribution in [-0.4, -0.2) is 10.5 Å². The molecule has 2 aromatic carbocycles. The molecule has 1 aromatic heterocycles. The predicted octanol–water partition coefficient (Wildman–Crippen LogP) is 5.15. The molecule has 4 nitrogen and oxygen atoms in total. The normalized spacial score (nSPS) is 18.7. The first-order chi connectivity index (χ1) is 12.6. The number of carbonyl (C=O) groups excluding carboxylic acids is 1. The molecule has 4 rings (SSSR count). The van der Waals surface area contributed by atoms with E-state index in [1.807, 2.05) is 47.0 Å². The summed E-state index contributed by atoms with van der Waals surface area (Å²) in [5.74, 6) is -0.876. The van der Waals surface area contributed by atoms with E-state index in [0.717, 1.165) is 16.1 Å². The van der Waals surface area contributed by atoms with Crippen LogP contribution in [0.25, 0.3) is 5.69 Å². The zero-order valence-electron chi connectivity index (χ0n) is 13.3. The number of nitriles is 1. The Morgan fingerprint density at radius 2 is 1.85 bits per heavy atom. The molecule has 0 bridgehead atoms. The van der Waals surface area contributed by atoms with Crippen molar-refractivity contribution in [3.8, 4) is 11.8 Å². The van der Waals surface area contributed by atoms with Crippen LogP contribution in [-0.2, 0) is 4.79 Å². The molecule has 0 saturated carbocycles. The van der Waals surface area contributed by atoms with Gasteiger partial charge < -0.3 is 5.32 Å². The van der Waals surface area contributed by atoms with Gasteiger partial charge in [-0.1, -0.05) is 41.9 Å². The number of carbonyl (C=O) groups is 1. The molecule has 1 N–H and O–H groups in total. The smallest absolute Gasteiger partial charge is 0.243 e. The average Bonchev–Trinajstić information content (AvgIpc) is 2.97. The highest BCUT2D eigenvalue weighted by Crippen LogP contribution is 2.45. The van der Waals surface area contributed by atoms with Crippen molar-refractivity contribution in [2.75, 3.05) is 5.32 Å². The fourth-order valence-corrected chi connectivity index (χ4v) is 4.88. The first-order valence-corrected chi connectivity index (χ1v) is 9.47. The fourth-order valence-electron chi connectivity index (χ4n) is 3.17. The Kier molecular flexibility index (Phi) is 4.37. The Morgan fingerprint density at radius 1 is 1.15 bits per heavy atom. The van der Waals surface area contributed by atoms with Gasteiger partial charge >= 0.3 is 0 Å². The quantitative estimate of drug-likeness (QED) is 0.608. The van der Waals surface area contributed by atoms with Crippen LogP contribution in [0.4, 0.5) is 5.82 Å².